The molecule has 0 saturated carbocycles. The molecule has 0 N–H and O–H groups in total. The molecule has 1 aliphatic heterocycles. The summed E-state index contributed by atoms with van der Waals surface area (Å²) in [4.78, 5) is 26.1. The lowest BCUT2D eigenvalue weighted by molar-refractivity contribution is -0.116. The molecule has 3 nitrogen and oxygen atoms in total. The summed E-state index contributed by atoms with van der Waals surface area (Å²) in [5.74, 6) is -0.0673. The minimum Gasteiger partial charge on any atom is -0.307 e. The van der Waals surface area contributed by atoms with E-state index in [-0.39, 0.29) is 17.7 Å². The second kappa shape index (κ2) is 6.28. The van der Waals surface area contributed by atoms with Gasteiger partial charge in [-0.15, -0.1) is 0 Å². The van der Waals surface area contributed by atoms with Crippen molar-refractivity contribution in [1.82, 2.24) is 4.90 Å². The van der Waals surface area contributed by atoms with E-state index in [1.807, 2.05) is 42.5 Å². The minimum absolute atomic E-state index is 0.0324. The summed E-state index contributed by atoms with van der Waals surface area (Å²) < 4.78 is 0.967. The van der Waals surface area contributed by atoms with Crippen LogP contribution in [0.25, 0.3) is 0 Å². The van der Waals surface area contributed by atoms with Gasteiger partial charge in [0.2, 0.25) is 0 Å². The lowest BCUT2D eigenvalue weighted by Crippen LogP contribution is -2.34. The van der Waals surface area contributed by atoms with Crippen molar-refractivity contribution in [2.45, 2.75) is 12.5 Å². The fraction of sp³-hybridized carbons (Fsp3) is 0.111. The Balaban J connectivity index is 1.96. The molecule has 0 aliphatic carbocycles. The summed E-state index contributed by atoms with van der Waals surface area (Å²) in [7, 11) is 0. The molecule has 2 aromatic rings. The Bertz CT molecular complexity index is 723. The molecule has 0 fully saturated rings. The maximum atomic E-state index is 12.7. The SMILES string of the molecule is O=C1C=CN(C(=O)c2ccccc2)[C@@H](c2ccc(Br)cc2)C1. The van der Waals surface area contributed by atoms with Crippen LogP contribution >= 0.6 is 15.9 Å². The first-order valence-corrected chi connectivity index (χ1v) is 7.78. The average molecular weight is 356 g/mol. The first-order chi connectivity index (χ1) is 10.6. The number of allylic oxidation sites excluding steroid dienone is 1. The number of benzene rings is 2. The topological polar surface area (TPSA) is 37.4 Å². The van der Waals surface area contributed by atoms with E-state index in [0.29, 0.717) is 12.0 Å². The Morgan fingerprint density at radius 2 is 1.73 bits per heavy atom. The molecule has 1 amide bonds. The number of ketones is 1. The number of halogens is 1. The van der Waals surface area contributed by atoms with Crippen molar-refractivity contribution in [3.8, 4) is 0 Å². The molecule has 0 saturated heterocycles. The lowest BCUT2D eigenvalue weighted by Gasteiger charge is -2.31. The van der Waals surface area contributed by atoms with Gasteiger partial charge in [-0.1, -0.05) is 46.3 Å². The van der Waals surface area contributed by atoms with E-state index < -0.39 is 0 Å². The van der Waals surface area contributed by atoms with Crippen LogP contribution in [0, 0.1) is 0 Å². The molecule has 2 aromatic carbocycles. The second-order valence-corrected chi connectivity index (χ2v) is 6.05. The number of hydrogen-bond donors (Lipinski definition) is 0. The third kappa shape index (κ3) is 3.02. The molecule has 1 atom stereocenters. The highest BCUT2D eigenvalue weighted by Crippen LogP contribution is 2.30. The Hall–Kier alpha value is -2.20. The lowest BCUT2D eigenvalue weighted by atomic mass is 9.96. The molecule has 0 aromatic heterocycles. The highest BCUT2D eigenvalue weighted by Gasteiger charge is 2.29. The van der Waals surface area contributed by atoms with E-state index in [4.69, 9.17) is 0 Å². The van der Waals surface area contributed by atoms with E-state index in [9.17, 15) is 9.59 Å². The van der Waals surface area contributed by atoms with E-state index in [1.54, 1.807) is 23.2 Å². The van der Waals surface area contributed by atoms with E-state index in [0.717, 1.165) is 10.0 Å². The minimum atomic E-state index is -0.265. The van der Waals surface area contributed by atoms with Gasteiger partial charge in [-0.2, -0.15) is 0 Å². The van der Waals surface area contributed by atoms with Crippen LogP contribution in [0.5, 0.6) is 0 Å². The van der Waals surface area contributed by atoms with Gasteiger partial charge < -0.3 is 4.90 Å². The molecule has 0 spiro atoms. The van der Waals surface area contributed by atoms with Crippen molar-refractivity contribution >= 4 is 27.6 Å². The van der Waals surface area contributed by atoms with Gasteiger partial charge in [-0.25, -0.2) is 0 Å². The molecule has 110 valence electrons. The van der Waals surface area contributed by atoms with Crippen LogP contribution in [0.4, 0.5) is 0 Å². The van der Waals surface area contributed by atoms with Crippen LogP contribution in [0.2, 0.25) is 0 Å². The van der Waals surface area contributed by atoms with Gasteiger partial charge in [0.15, 0.2) is 5.78 Å². The molecular formula is C18H14BrNO2. The van der Waals surface area contributed by atoms with Crippen LogP contribution in [-0.4, -0.2) is 16.6 Å². The van der Waals surface area contributed by atoms with Crippen molar-refractivity contribution in [2.24, 2.45) is 0 Å². The van der Waals surface area contributed by atoms with Gasteiger partial charge in [0, 0.05) is 22.7 Å². The quantitative estimate of drug-likeness (QED) is 0.812. The zero-order valence-corrected chi connectivity index (χ0v) is 13.4. The fourth-order valence-electron chi connectivity index (χ4n) is 2.53. The Morgan fingerprint density at radius 1 is 1.05 bits per heavy atom. The third-order valence-corrected chi connectivity index (χ3v) is 4.19. The Labute approximate surface area is 137 Å². The smallest absolute Gasteiger partial charge is 0.258 e. The van der Waals surface area contributed by atoms with E-state index in [1.165, 1.54) is 6.08 Å². The molecule has 1 aliphatic rings. The normalized spacial score (nSPS) is 17.6. The summed E-state index contributed by atoms with van der Waals surface area (Å²) in [6.07, 6.45) is 3.36. The number of amides is 1. The summed E-state index contributed by atoms with van der Waals surface area (Å²) in [6.45, 7) is 0. The summed E-state index contributed by atoms with van der Waals surface area (Å²) in [5.41, 5.74) is 1.56. The average Bonchev–Trinajstić information content (AvgIpc) is 2.56. The van der Waals surface area contributed by atoms with Gasteiger partial charge in [0.05, 0.1) is 6.04 Å². The van der Waals surface area contributed by atoms with Crippen LogP contribution in [0.15, 0.2) is 71.3 Å². The van der Waals surface area contributed by atoms with Crippen LogP contribution in [0.1, 0.15) is 28.4 Å². The number of carbonyl (C=O) groups is 2. The molecule has 4 heteroatoms. The van der Waals surface area contributed by atoms with Crippen molar-refractivity contribution < 1.29 is 9.59 Å². The number of nitrogens with zero attached hydrogens (tertiary/aromatic N) is 1. The number of carbonyl (C=O) groups excluding carboxylic acids is 2. The summed E-state index contributed by atoms with van der Waals surface area (Å²) in [6, 6.07) is 16.6. The molecule has 22 heavy (non-hydrogen) atoms. The molecule has 0 radical (unpaired) electrons. The maximum Gasteiger partial charge on any atom is 0.258 e. The zero-order chi connectivity index (χ0) is 15.5. The zero-order valence-electron chi connectivity index (χ0n) is 11.8. The Kier molecular flexibility index (Phi) is 4.20. The third-order valence-electron chi connectivity index (χ3n) is 3.66. The van der Waals surface area contributed by atoms with Gasteiger partial charge in [-0.3, -0.25) is 9.59 Å². The number of rotatable bonds is 2. The van der Waals surface area contributed by atoms with Crippen molar-refractivity contribution in [3.63, 3.8) is 0 Å². The van der Waals surface area contributed by atoms with Crippen molar-refractivity contribution in [3.05, 3.63) is 82.5 Å². The second-order valence-electron chi connectivity index (χ2n) is 5.13. The predicted octanol–water partition coefficient (Wildman–Crippen LogP) is 4.12. The molecule has 0 unspecified atom stereocenters. The molecule has 0 bridgehead atoms. The van der Waals surface area contributed by atoms with Gasteiger partial charge in [-0.05, 0) is 35.9 Å². The fourth-order valence-corrected chi connectivity index (χ4v) is 2.79. The number of hydrogen-bond acceptors (Lipinski definition) is 2. The van der Waals surface area contributed by atoms with Gasteiger partial charge in [0.25, 0.3) is 5.91 Å². The van der Waals surface area contributed by atoms with Crippen molar-refractivity contribution in [1.29, 1.82) is 0 Å². The standard InChI is InChI=1S/C18H14BrNO2/c19-15-8-6-13(7-9-15)17-12-16(21)10-11-20(17)18(22)14-4-2-1-3-5-14/h1-11,17H,12H2/t17-/m1/s1. The van der Waals surface area contributed by atoms with E-state index in [2.05, 4.69) is 15.9 Å². The van der Waals surface area contributed by atoms with Crippen LogP contribution in [-0.2, 0) is 4.79 Å². The van der Waals surface area contributed by atoms with Gasteiger partial charge >= 0.3 is 0 Å². The van der Waals surface area contributed by atoms with Crippen LogP contribution < -0.4 is 0 Å². The monoisotopic (exact) mass is 355 g/mol. The predicted molar refractivity (Wildman–Crippen MR) is 88.3 cm³/mol. The largest absolute Gasteiger partial charge is 0.307 e. The van der Waals surface area contributed by atoms with E-state index >= 15 is 0 Å². The first-order valence-electron chi connectivity index (χ1n) is 6.99. The molecular weight excluding hydrogens is 342 g/mol. The van der Waals surface area contributed by atoms with Crippen LogP contribution in [0.3, 0.4) is 0 Å². The summed E-state index contributed by atoms with van der Waals surface area (Å²) in [5, 5.41) is 0. The van der Waals surface area contributed by atoms with Crippen molar-refractivity contribution in [2.75, 3.05) is 0 Å². The highest BCUT2D eigenvalue weighted by molar-refractivity contribution is 9.10. The highest BCUT2D eigenvalue weighted by atomic mass is 79.9. The molecule has 3 rings (SSSR count). The first kappa shape index (κ1) is 14.7. The van der Waals surface area contributed by atoms with Gasteiger partial charge in [0.1, 0.15) is 0 Å². The molecule has 1 heterocycles. The maximum absolute atomic E-state index is 12.7. The Morgan fingerprint density at radius 3 is 2.41 bits per heavy atom. The summed E-state index contributed by atoms with van der Waals surface area (Å²) >= 11 is 3.40.